The van der Waals surface area contributed by atoms with Crippen molar-refractivity contribution >= 4 is 11.6 Å². The predicted molar refractivity (Wildman–Crippen MR) is 61.2 cm³/mol. The maximum atomic E-state index is 13.3. The Bertz CT molecular complexity index is 424. The highest BCUT2D eigenvalue weighted by Crippen LogP contribution is 2.11. The van der Waals surface area contributed by atoms with E-state index in [2.05, 4.69) is 11.2 Å². The number of terminal acetylenes is 1. The van der Waals surface area contributed by atoms with Crippen LogP contribution in [0.1, 0.15) is 23.2 Å². The lowest BCUT2D eigenvalue weighted by Crippen LogP contribution is -2.25. The number of carbonyl (C=O) groups is 1. The van der Waals surface area contributed by atoms with Gasteiger partial charge in [0.2, 0.25) is 0 Å². The second-order valence-corrected chi connectivity index (χ2v) is 3.30. The number of nitrogens with one attached hydrogen (secondary N) is 1. The molecule has 0 aliphatic rings. The van der Waals surface area contributed by atoms with E-state index in [1.165, 1.54) is 12.1 Å². The summed E-state index contributed by atoms with van der Waals surface area (Å²) < 4.78 is 13.3. The van der Waals surface area contributed by atoms with Crippen LogP contribution >= 0.6 is 0 Å². The van der Waals surface area contributed by atoms with Crippen LogP contribution in [0.25, 0.3) is 0 Å². The molecule has 4 heteroatoms. The average Bonchev–Trinajstić information content (AvgIpc) is 2.24. The van der Waals surface area contributed by atoms with Crippen LogP contribution in [0.15, 0.2) is 18.2 Å². The number of nitrogens with two attached hydrogens (primary N) is 1. The molecule has 0 saturated carbocycles. The fourth-order valence-electron chi connectivity index (χ4n) is 1.20. The van der Waals surface area contributed by atoms with Crippen molar-refractivity contribution in [3.8, 4) is 12.3 Å². The van der Waals surface area contributed by atoms with E-state index in [1.807, 2.05) is 0 Å². The van der Waals surface area contributed by atoms with Gasteiger partial charge in [0.1, 0.15) is 5.82 Å². The van der Waals surface area contributed by atoms with Crippen molar-refractivity contribution in [2.45, 2.75) is 12.8 Å². The molecule has 0 bridgehead atoms. The van der Waals surface area contributed by atoms with Crippen LogP contribution in [-0.4, -0.2) is 12.5 Å². The fourth-order valence-corrected chi connectivity index (χ4v) is 1.20. The molecule has 1 rings (SSSR count). The van der Waals surface area contributed by atoms with Gasteiger partial charge in [-0.3, -0.25) is 4.79 Å². The molecule has 3 nitrogen and oxygen atoms in total. The Morgan fingerprint density at radius 3 is 2.94 bits per heavy atom. The number of unbranched alkanes of at least 4 members (excludes halogenated alkanes) is 1. The Hall–Kier alpha value is -2.02. The van der Waals surface area contributed by atoms with Crippen molar-refractivity contribution in [2.75, 3.05) is 12.3 Å². The molecular formula is C12H13FN2O. The van der Waals surface area contributed by atoms with E-state index in [9.17, 15) is 9.18 Å². The molecule has 0 radical (unpaired) electrons. The van der Waals surface area contributed by atoms with E-state index in [0.717, 1.165) is 6.07 Å². The summed E-state index contributed by atoms with van der Waals surface area (Å²) in [7, 11) is 0. The van der Waals surface area contributed by atoms with E-state index in [0.29, 0.717) is 25.1 Å². The summed E-state index contributed by atoms with van der Waals surface area (Å²) in [6, 6.07) is 3.97. The minimum atomic E-state index is -0.616. The lowest BCUT2D eigenvalue weighted by atomic mass is 10.2. The highest BCUT2D eigenvalue weighted by atomic mass is 19.1. The second kappa shape index (κ2) is 5.76. The van der Waals surface area contributed by atoms with E-state index in [4.69, 9.17) is 12.2 Å². The van der Waals surface area contributed by atoms with Crippen molar-refractivity contribution in [2.24, 2.45) is 0 Å². The first-order valence-electron chi connectivity index (χ1n) is 4.92. The molecule has 1 amide bonds. The third kappa shape index (κ3) is 3.28. The minimum absolute atomic E-state index is 0.00472. The molecule has 3 N–H and O–H groups in total. The molecule has 1 aromatic rings. The number of benzene rings is 1. The van der Waals surface area contributed by atoms with Crippen LogP contribution in [0.4, 0.5) is 10.1 Å². The summed E-state index contributed by atoms with van der Waals surface area (Å²) in [5.41, 5.74) is 5.66. The van der Waals surface area contributed by atoms with Gasteiger partial charge in [-0.05, 0) is 24.6 Å². The number of hydrogen-bond donors (Lipinski definition) is 2. The van der Waals surface area contributed by atoms with Crippen molar-refractivity contribution in [3.63, 3.8) is 0 Å². The van der Waals surface area contributed by atoms with Crippen LogP contribution in [0, 0.1) is 18.2 Å². The monoisotopic (exact) mass is 220 g/mol. The number of halogens is 1. The molecule has 0 unspecified atom stereocenters. The van der Waals surface area contributed by atoms with Gasteiger partial charge in [-0.1, -0.05) is 0 Å². The SMILES string of the molecule is C#CCCCNC(=O)c1ccc(N)cc1F. The van der Waals surface area contributed by atoms with Crippen LogP contribution in [0.5, 0.6) is 0 Å². The number of rotatable bonds is 4. The Balaban J connectivity index is 2.57. The van der Waals surface area contributed by atoms with Crippen LogP contribution in [-0.2, 0) is 0 Å². The predicted octanol–water partition coefficient (Wildman–Crippen LogP) is 1.55. The average molecular weight is 220 g/mol. The quantitative estimate of drug-likeness (QED) is 0.459. The minimum Gasteiger partial charge on any atom is -0.399 e. The maximum absolute atomic E-state index is 13.3. The Labute approximate surface area is 93.8 Å². The normalized spacial score (nSPS) is 9.50. The van der Waals surface area contributed by atoms with E-state index in [1.54, 1.807) is 0 Å². The molecule has 0 atom stereocenters. The molecule has 1 aromatic carbocycles. The molecule has 0 fully saturated rings. The van der Waals surface area contributed by atoms with Crippen molar-refractivity contribution in [1.29, 1.82) is 0 Å². The molecule has 0 aromatic heterocycles. The summed E-state index contributed by atoms with van der Waals surface area (Å²) in [6.07, 6.45) is 6.33. The van der Waals surface area contributed by atoms with Gasteiger partial charge in [0, 0.05) is 18.7 Å². The van der Waals surface area contributed by atoms with Gasteiger partial charge in [-0.25, -0.2) is 4.39 Å². The first-order chi connectivity index (χ1) is 7.65. The highest BCUT2D eigenvalue weighted by molar-refractivity contribution is 5.94. The first kappa shape index (κ1) is 12.1. The van der Waals surface area contributed by atoms with Gasteiger partial charge in [-0.15, -0.1) is 12.3 Å². The van der Waals surface area contributed by atoms with Crippen molar-refractivity contribution in [1.82, 2.24) is 5.32 Å². The Morgan fingerprint density at radius 1 is 1.56 bits per heavy atom. The third-order valence-electron chi connectivity index (χ3n) is 2.02. The number of amides is 1. The van der Waals surface area contributed by atoms with Gasteiger partial charge in [0.15, 0.2) is 0 Å². The zero-order valence-corrected chi connectivity index (χ0v) is 8.79. The van der Waals surface area contributed by atoms with Crippen LogP contribution in [0.2, 0.25) is 0 Å². The van der Waals surface area contributed by atoms with E-state index >= 15 is 0 Å². The lowest BCUT2D eigenvalue weighted by molar-refractivity contribution is 0.0949. The zero-order chi connectivity index (χ0) is 12.0. The molecule has 0 aliphatic heterocycles. The van der Waals surface area contributed by atoms with Crippen LogP contribution < -0.4 is 11.1 Å². The van der Waals surface area contributed by atoms with E-state index in [-0.39, 0.29) is 5.56 Å². The Kier molecular flexibility index (Phi) is 4.34. The molecule has 16 heavy (non-hydrogen) atoms. The van der Waals surface area contributed by atoms with Gasteiger partial charge < -0.3 is 11.1 Å². The van der Waals surface area contributed by atoms with Crippen LogP contribution in [0.3, 0.4) is 0 Å². The summed E-state index contributed by atoms with van der Waals surface area (Å²) in [5.74, 6) is 1.39. The molecule has 84 valence electrons. The summed E-state index contributed by atoms with van der Waals surface area (Å²) >= 11 is 0. The number of carbonyl (C=O) groups excluding carboxylic acids is 1. The van der Waals surface area contributed by atoms with Gasteiger partial charge in [0.25, 0.3) is 5.91 Å². The number of hydrogen-bond acceptors (Lipinski definition) is 2. The number of nitrogen functional groups attached to an aromatic ring is 1. The van der Waals surface area contributed by atoms with Gasteiger partial charge >= 0.3 is 0 Å². The molecular weight excluding hydrogens is 207 g/mol. The highest BCUT2D eigenvalue weighted by Gasteiger charge is 2.10. The largest absolute Gasteiger partial charge is 0.399 e. The van der Waals surface area contributed by atoms with Gasteiger partial charge in [0.05, 0.1) is 5.56 Å². The smallest absolute Gasteiger partial charge is 0.254 e. The van der Waals surface area contributed by atoms with E-state index < -0.39 is 11.7 Å². The standard InChI is InChI=1S/C12H13FN2O/c1-2-3-4-7-15-12(16)10-6-5-9(14)8-11(10)13/h1,5-6,8H,3-4,7,14H2,(H,15,16). The van der Waals surface area contributed by atoms with Gasteiger partial charge in [-0.2, -0.15) is 0 Å². The first-order valence-corrected chi connectivity index (χ1v) is 4.92. The molecule has 0 saturated heterocycles. The Morgan fingerprint density at radius 2 is 2.31 bits per heavy atom. The molecule has 0 heterocycles. The summed E-state index contributed by atoms with van der Waals surface area (Å²) in [6.45, 7) is 0.437. The lowest BCUT2D eigenvalue weighted by Gasteiger charge is -2.05. The summed E-state index contributed by atoms with van der Waals surface area (Å²) in [5, 5.41) is 2.58. The molecule has 0 aliphatic carbocycles. The maximum Gasteiger partial charge on any atom is 0.254 e. The third-order valence-corrected chi connectivity index (χ3v) is 2.02. The number of anilines is 1. The summed E-state index contributed by atoms with van der Waals surface area (Å²) in [4.78, 5) is 11.5. The fraction of sp³-hybridized carbons (Fsp3) is 0.250. The zero-order valence-electron chi connectivity index (χ0n) is 8.79. The second-order valence-electron chi connectivity index (χ2n) is 3.30. The van der Waals surface area contributed by atoms with Crippen molar-refractivity contribution < 1.29 is 9.18 Å². The topological polar surface area (TPSA) is 55.1 Å². The molecule has 0 spiro atoms. The van der Waals surface area contributed by atoms with Crippen molar-refractivity contribution in [3.05, 3.63) is 29.6 Å².